The van der Waals surface area contributed by atoms with E-state index in [0.29, 0.717) is 19.4 Å². The molecule has 0 N–H and O–H groups in total. The molecule has 76 valence electrons. The average Bonchev–Trinajstić information content (AvgIpc) is 2.02. The molecule has 0 aliphatic heterocycles. The number of nitrogens with zero attached hydrogens (tertiary/aromatic N) is 2. The van der Waals surface area contributed by atoms with Crippen molar-refractivity contribution in [2.45, 2.75) is 12.8 Å². The van der Waals surface area contributed by atoms with Crippen LogP contribution in [0.5, 0.6) is 0 Å². The van der Waals surface area contributed by atoms with Crippen LogP contribution in [0.4, 0.5) is 0 Å². The van der Waals surface area contributed by atoms with Crippen molar-refractivity contribution in [1.29, 1.82) is 5.26 Å². The third kappa shape index (κ3) is 7.75. The van der Waals surface area contributed by atoms with Gasteiger partial charge >= 0.3 is 0 Å². The Bertz CT molecular complexity index is 264. The van der Waals surface area contributed by atoms with Crippen molar-refractivity contribution in [1.82, 2.24) is 4.90 Å². The maximum Gasteiger partial charge on any atom is 0.151 e. The standard InChI is InChI=1S/C8H16N2O2S/c1-10(2)6-8-13(11,12)7-4-3-5-9/h3-4,6-8H2,1-2H3. The van der Waals surface area contributed by atoms with E-state index in [1.807, 2.05) is 25.1 Å². The molecule has 0 spiro atoms. The molecule has 4 nitrogen and oxygen atoms in total. The van der Waals surface area contributed by atoms with Gasteiger partial charge < -0.3 is 4.90 Å². The van der Waals surface area contributed by atoms with Crippen LogP contribution in [0.3, 0.4) is 0 Å². The number of unbranched alkanes of at least 4 members (excludes halogenated alkanes) is 1. The minimum absolute atomic E-state index is 0.133. The summed E-state index contributed by atoms with van der Waals surface area (Å²) in [7, 11) is 0.735. The molecule has 0 saturated heterocycles. The summed E-state index contributed by atoms with van der Waals surface area (Å²) in [5.41, 5.74) is 0. The molecule has 0 aromatic heterocycles. The summed E-state index contributed by atoms with van der Waals surface area (Å²) >= 11 is 0. The van der Waals surface area contributed by atoms with E-state index in [9.17, 15) is 8.42 Å². The maximum absolute atomic E-state index is 11.3. The lowest BCUT2D eigenvalue weighted by molar-refractivity contribution is 0.432. The van der Waals surface area contributed by atoms with E-state index >= 15 is 0 Å². The Morgan fingerprint density at radius 2 is 1.92 bits per heavy atom. The molecule has 0 radical (unpaired) electrons. The average molecular weight is 204 g/mol. The summed E-state index contributed by atoms with van der Waals surface area (Å²) in [5.74, 6) is 0.319. The second-order valence-corrected chi connectivity index (χ2v) is 5.52. The van der Waals surface area contributed by atoms with Crippen LogP contribution in [0.15, 0.2) is 0 Å². The normalized spacial score (nSPS) is 11.5. The third-order valence-corrected chi connectivity index (χ3v) is 3.31. The van der Waals surface area contributed by atoms with Crippen LogP contribution in [-0.4, -0.2) is 45.5 Å². The van der Waals surface area contributed by atoms with Gasteiger partial charge in [0.15, 0.2) is 9.84 Å². The molecule has 5 heteroatoms. The number of hydrogen-bond donors (Lipinski definition) is 0. The van der Waals surface area contributed by atoms with Crippen LogP contribution in [0.1, 0.15) is 12.8 Å². The molecular weight excluding hydrogens is 188 g/mol. The van der Waals surface area contributed by atoms with E-state index in [0.717, 1.165) is 0 Å². The largest absolute Gasteiger partial charge is 0.308 e. The first kappa shape index (κ1) is 12.4. The highest BCUT2D eigenvalue weighted by atomic mass is 32.2. The van der Waals surface area contributed by atoms with Crippen molar-refractivity contribution in [2.24, 2.45) is 0 Å². The zero-order valence-electron chi connectivity index (χ0n) is 8.15. The van der Waals surface area contributed by atoms with Gasteiger partial charge in [0.25, 0.3) is 0 Å². The summed E-state index contributed by atoms with van der Waals surface area (Å²) in [6.45, 7) is 0.550. The van der Waals surface area contributed by atoms with Crippen molar-refractivity contribution in [3.05, 3.63) is 0 Å². The number of sulfone groups is 1. The highest BCUT2D eigenvalue weighted by Crippen LogP contribution is 1.97. The van der Waals surface area contributed by atoms with Gasteiger partial charge in [-0.3, -0.25) is 0 Å². The Morgan fingerprint density at radius 3 is 2.38 bits per heavy atom. The van der Waals surface area contributed by atoms with Gasteiger partial charge in [0, 0.05) is 13.0 Å². The van der Waals surface area contributed by atoms with Crippen molar-refractivity contribution in [3.8, 4) is 6.07 Å². The van der Waals surface area contributed by atoms with Gasteiger partial charge in [0.1, 0.15) is 0 Å². The smallest absolute Gasteiger partial charge is 0.151 e. The van der Waals surface area contributed by atoms with Crippen molar-refractivity contribution in [3.63, 3.8) is 0 Å². The number of rotatable bonds is 6. The van der Waals surface area contributed by atoms with Gasteiger partial charge in [-0.05, 0) is 20.5 Å². The fourth-order valence-electron chi connectivity index (χ4n) is 0.795. The molecule has 0 saturated carbocycles. The van der Waals surface area contributed by atoms with Gasteiger partial charge in [-0.1, -0.05) is 0 Å². The summed E-state index contributed by atoms with van der Waals surface area (Å²) < 4.78 is 22.5. The van der Waals surface area contributed by atoms with Gasteiger partial charge in [0.05, 0.1) is 17.6 Å². The third-order valence-electron chi connectivity index (χ3n) is 1.59. The molecule has 0 fully saturated rings. The predicted molar refractivity (Wildman–Crippen MR) is 52.1 cm³/mol. The minimum Gasteiger partial charge on any atom is -0.308 e. The van der Waals surface area contributed by atoms with Crippen LogP contribution in [0.25, 0.3) is 0 Å². The van der Waals surface area contributed by atoms with E-state index in [2.05, 4.69) is 0 Å². The molecule has 13 heavy (non-hydrogen) atoms. The zero-order chi connectivity index (χ0) is 10.3. The molecule has 0 atom stereocenters. The molecule has 0 aromatic carbocycles. The van der Waals surface area contributed by atoms with Crippen molar-refractivity contribution >= 4 is 9.84 Å². The Kier molecular flexibility index (Phi) is 5.67. The summed E-state index contributed by atoms with van der Waals surface area (Å²) in [4.78, 5) is 1.84. The zero-order valence-corrected chi connectivity index (χ0v) is 8.97. The summed E-state index contributed by atoms with van der Waals surface area (Å²) in [6, 6.07) is 1.93. The van der Waals surface area contributed by atoms with Crippen LogP contribution in [-0.2, 0) is 9.84 Å². The highest BCUT2D eigenvalue weighted by molar-refractivity contribution is 7.91. The van der Waals surface area contributed by atoms with E-state index in [1.54, 1.807) is 0 Å². The quantitative estimate of drug-likeness (QED) is 0.582. The molecule has 0 heterocycles. The molecular formula is C8H16N2O2S. The first-order valence-electron chi connectivity index (χ1n) is 4.20. The molecule has 0 amide bonds. The minimum atomic E-state index is -2.94. The Balaban J connectivity index is 3.76. The lowest BCUT2D eigenvalue weighted by Gasteiger charge is -2.08. The number of hydrogen-bond acceptors (Lipinski definition) is 4. The second-order valence-electron chi connectivity index (χ2n) is 3.22. The van der Waals surface area contributed by atoms with Crippen LogP contribution >= 0.6 is 0 Å². The summed E-state index contributed by atoms with van der Waals surface area (Å²) in [6.07, 6.45) is 0.771. The molecule has 0 bridgehead atoms. The Morgan fingerprint density at radius 1 is 1.31 bits per heavy atom. The molecule has 0 rings (SSSR count). The lowest BCUT2D eigenvalue weighted by atomic mass is 10.4. The molecule has 0 unspecified atom stereocenters. The maximum atomic E-state index is 11.3. The van der Waals surface area contributed by atoms with E-state index in [4.69, 9.17) is 5.26 Å². The Labute approximate surface area is 80.1 Å². The number of nitriles is 1. The van der Waals surface area contributed by atoms with Crippen LogP contribution in [0.2, 0.25) is 0 Å². The van der Waals surface area contributed by atoms with E-state index < -0.39 is 9.84 Å². The molecule has 0 aliphatic rings. The summed E-state index contributed by atoms with van der Waals surface area (Å²) in [5, 5.41) is 8.23. The lowest BCUT2D eigenvalue weighted by Crippen LogP contribution is -2.23. The topological polar surface area (TPSA) is 61.2 Å². The predicted octanol–water partition coefficient (Wildman–Crippen LogP) is 0.267. The first-order valence-corrected chi connectivity index (χ1v) is 6.02. The highest BCUT2D eigenvalue weighted by Gasteiger charge is 2.10. The first-order chi connectivity index (χ1) is 5.98. The SMILES string of the molecule is CN(C)CCS(=O)(=O)CCCC#N. The van der Waals surface area contributed by atoms with Crippen LogP contribution in [0, 0.1) is 11.3 Å². The van der Waals surface area contributed by atoms with Crippen molar-refractivity contribution in [2.75, 3.05) is 32.1 Å². The second kappa shape index (κ2) is 5.95. The molecule has 0 aromatic rings. The fraction of sp³-hybridized carbons (Fsp3) is 0.875. The van der Waals surface area contributed by atoms with Gasteiger partial charge in [0.2, 0.25) is 0 Å². The van der Waals surface area contributed by atoms with E-state index in [-0.39, 0.29) is 11.5 Å². The van der Waals surface area contributed by atoms with Gasteiger partial charge in [-0.15, -0.1) is 0 Å². The van der Waals surface area contributed by atoms with Gasteiger partial charge in [-0.2, -0.15) is 5.26 Å². The van der Waals surface area contributed by atoms with Crippen molar-refractivity contribution < 1.29 is 8.42 Å². The van der Waals surface area contributed by atoms with Crippen LogP contribution < -0.4 is 0 Å². The monoisotopic (exact) mass is 204 g/mol. The van der Waals surface area contributed by atoms with Gasteiger partial charge in [-0.25, -0.2) is 8.42 Å². The van der Waals surface area contributed by atoms with E-state index in [1.165, 1.54) is 0 Å². The fourth-order valence-corrected chi connectivity index (χ4v) is 2.23. The Hall–Kier alpha value is -0.600. The molecule has 0 aliphatic carbocycles.